The van der Waals surface area contributed by atoms with E-state index in [9.17, 15) is 0 Å². The Labute approximate surface area is 123 Å². The predicted molar refractivity (Wildman–Crippen MR) is 69.6 cm³/mol. The normalized spacial score (nSPS) is 11.1. The molecule has 0 bridgehead atoms. The van der Waals surface area contributed by atoms with Crippen molar-refractivity contribution in [2.24, 2.45) is 17.8 Å². The zero-order valence-electron chi connectivity index (χ0n) is 12.0. The van der Waals surface area contributed by atoms with Gasteiger partial charge in [-0.3, -0.25) is 0 Å². The summed E-state index contributed by atoms with van der Waals surface area (Å²) in [5, 5.41) is 0. The molecule has 0 unspecified atom stereocenters. The standard InChI is InChI=1S/3C4H9O.ClH.Zr/c3*1-4(2)3-5;;/h3*4H,3H2,1-2H3;1H;/q3*-1;;+3. The molecule has 0 atom stereocenters. The van der Waals surface area contributed by atoms with Crippen LogP contribution in [0.4, 0.5) is 0 Å². The summed E-state index contributed by atoms with van der Waals surface area (Å²) in [6, 6.07) is 0. The average molecular weight is 347 g/mol. The third-order valence-electron chi connectivity index (χ3n) is 1.60. The van der Waals surface area contributed by atoms with Crippen LogP contribution in [0.3, 0.4) is 0 Å². The number of rotatable bonds is 9. The zero-order chi connectivity index (χ0) is 12.6. The van der Waals surface area contributed by atoms with Crippen LogP contribution in [-0.2, 0) is 31.5 Å². The summed E-state index contributed by atoms with van der Waals surface area (Å²) in [5.41, 5.74) is 0. The molecule has 0 aromatic rings. The van der Waals surface area contributed by atoms with Crippen molar-refractivity contribution in [2.45, 2.75) is 41.5 Å². The van der Waals surface area contributed by atoms with Crippen LogP contribution in [0.15, 0.2) is 0 Å². The molecule has 0 radical (unpaired) electrons. The van der Waals surface area contributed by atoms with Crippen LogP contribution in [-0.4, -0.2) is 19.8 Å². The third-order valence-corrected chi connectivity index (χ3v) is 4.57. The molecule has 17 heavy (non-hydrogen) atoms. The summed E-state index contributed by atoms with van der Waals surface area (Å²) < 4.78 is 17.3. The van der Waals surface area contributed by atoms with Gasteiger partial charge in [-0.2, -0.15) is 0 Å². The summed E-state index contributed by atoms with van der Waals surface area (Å²) in [6.45, 7) is 15.1. The van der Waals surface area contributed by atoms with Crippen LogP contribution in [0, 0.1) is 17.8 Å². The molecular weight excluding hydrogens is 319 g/mol. The van der Waals surface area contributed by atoms with Gasteiger partial charge >= 0.3 is 111 Å². The molecule has 5 heteroatoms. The van der Waals surface area contributed by atoms with E-state index < -0.39 is 23.1 Å². The minimum Gasteiger partial charge on any atom is -0.147 e. The van der Waals surface area contributed by atoms with E-state index in [1.54, 1.807) is 0 Å². The molecular formula is C12H28ClO3Zr. The average Bonchev–Trinajstić information content (AvgIpc) is 2.15. The molecule has 105 valence electrons. The van der Waals surface area contributed by atoms with E-state index in [2.05, 4.69) is 41.5 Å². The van der Waals surface area contributed by atoms with Crippen molar-refractivity contribution < 1.29 is 31.5 Å². The minimum absolute atomic E-state index is 0. The van der Waals surface area contributed by atoms with Crippen LogP contribution in [0.1, 0.15) is 41.5 Å². The molecule has 0 saturated heterocycles. The second-order valence-electron chi connectivity index (χ2n) is 5.36. The van der Waals surface area contributed by atoms with Gasteiger partial charge in [0.1, 0.15) is 0 Å². The van der Waals surface area contributed by atoms with Gasteiger partial charge in [-0.05, 0) is 0 Å². The Hall–Kier alpha value is 1.05. The van der Waals surface area contributed by atoms with Gasteiger partial charge in [-0.1, -0.05) is 0 Å². The fraction of sp³-hybridized carbons (Fsp3) is 1.00. The maximum absolute atomic E-state index is 5.76. The van der Waals surface area contributed by atoms with Crippen LogP contribution in [0.5, 0.6) is 0 Å². The molecule has 0 amide bonds. The molecule has 0 spiro atoms. The largest absolute Gasteiger partial charge is 0.147 e. The van der Waals surface area contributed by atoms with E-state index in [0.29, 0.717) is 17.8 Å². The Morgan fingerprint density at radius 3 is 1.06 bits per heavy atom. The van der Waals surface area contributed by atoms with E-state index in [-0.39, 0.29) is 12.4 Å². The van der Waals surface area contributed by atoms with Gasteiger partial charge in [0, 0.05) is 0 Å². The van der Waals surface area contributed by atoms with E-state index in [1.807, 2.05) is 0 Å². The first kappa shape index (κ1) is 20.4. The smallest absolute Gasteiger partial charge is 0.147 e. The van der Waals surface area contributed by atoms with Crippen LogP contribution >= 0.6 is 12.4 Å². The van der Waals surface area contributed by atoms with Gasteiger partial charge in [0.25, 0.3) is 0 Å². The van der Waals surface area contributed by atoms with Gasteiger partial charge in [0.05, 0.1) is 0 Å². The molecule has 0 heterocycles. The first-order chi connectivity index (χ1) is 7.41. The minimum atomic E-state index is -2.48. The molecule has 0 saturated carbocycles. The van der Waals surface area contributed by atoms with Crippen molar-refractivity contribution in [2.75, 3.05) is 19.8 Å². The zero-order valence-corrected chi connectivity index (χ0v) is 15.3. The maximum atomic E-state index is 5.76. The molecule has 0 rings (SSSR count). The Kier molecular flexibility index (Phi) is 14.5. The van der Waals surface area contributed by atoms with Gasteiger partial charge in [-0.25, -0.2) is 0 Å². The molecule has 0 aromatic carbocycles. The fourth-order valence-electron chi connectivity index (χ4n) is 0.829. The Balaban J connectivity index is 0. The molecule has 0 aliphatic heterocycles. The van der Waals surface area contributed by atoms with Gasteiger partial charge < -0.3 is 0 Å². The predicted octanol–water partition coefficient (Wildman–Crippen LogP) is 3.79. The second-order valence-corrected chi connectivity index (χ2v) is 8.72. The van der Waals surface area contributed by atoms with E-state index in [4.69, 9.17) is 8.44 Å². The van der Waals surface area contributed by atoms with Crippen LogP contribution in [0.25, 0.3) is 0 Å². The van der Waals surface area contributed by atoms with Crippen molar-refractivity contribution in [1.29, 1.82) is 0 Å². The van der Waals surface area contributed by atoms with Gasteiger partial charge in [-0.15, -0.1) is 12.4 Å². The first-order valence-corrected chi connectivity index (χ1v) is 9.18. The van der Waals surface area contributed by atoms with E-state index in [1.165, 1.54) is 0 Å². The third kappa shape index (κ3) is 15.0. The Morgan fingerprint density at radius 1 is 0.647 bits per heavy atom. The van der Waals surface area contributed by atoms with E-state index >= 15 is 0 Å². The molecule has 0 aliphatic carbocycles. The first-order valence-electron chi connectivity index (χ1n) is 6.17. The molecule has 0 aromatic heterocycles. The molecule has 0 N–H and O–H groups in total. The van der Waals surface area contributed by atoms with Crippen molar-refractivity contribution in [3.63, 3.8) is 0 Å². The van der Waals surface area contributed by atoms with Crippen LogP contribution in [0.2, 0.25) is 0 Å². The molecule has 3 nitrogen and oxygen atoms in total. The quantitative estimate of drug-likeness (QED) is 0.635. The van der Waals surface area contributed by atoms with Gasteiger partial charge in [0.2, 0.25) is 0 Å². The Morgan fingerprint density at radius 2 is 0.882 bits per heavy atom. The number of halogens is 1. The SMILES string of the molecule is CC(C)C[O][Zr]([O]CC(C)C)[O]CC(C)C.Cl. The molecule has 0 fully saturated rings. The van der Waals surface area contributed by atoms with Crippen molar-refractivity contribution in [1.82, 2.24) is 0 Å². The Bertz CT molecular complexity index is 137. The monoisotopic (exact) mass is 345 g/mol. The maximum Gasteiger partial charge on any atom is -0.147 e. The summed E-state index contributed by atoms with van der Waals surface area (Å²) in [7, 11) is 0. The molecule has 0 aliphatic rings. The fourth-order valence-corrected chi connectivity index (χ4v) is 4.91. The van der Waals surface area contributed by atoms with Crippen molar-refractivity contribution in [3.05, 3.63) is 0 Å². The summed E-state index contributed by atoms with van der Waals surface area (Å²) in [6.07, 6.45) is 0. The summed E-state index contributed by atoms with van der Waals surface area (Å²) >= 11 is -2.48. The topological polar surface area (TPSA) is 27.7 Å². The number of hydrogen-bond acceptors (Lipinski definition) is 3. The summed E-state index contributed by atoms with van der Waals surface area (Å²) in [5.74, 6) is 1.63. The van der Waals surface area contributed by atoms with Crippen molar-refractivity contribution >= 4 is 12.4 Å². The second kappa shape index (κ2) is 12.1. The van der Waals surface area contributed by atoms with Crippen molar-refractivity contribution in [3.8, 4) is 0 Å². The summed E-state index contributed by atoms with van der Waals surface area (Å²) in [4.78, 5) is 0. The number of hydrogen-bond donors (Lipinski definition) is 0. The van der Waals surface area contributed by atoms with E-state index in [0.717, 1.165) is 19.8 Å². The van der Waals surface area contributed by atoms with Gasteiger partial charge in [0.15, 0.2) is 0 Å². The van der Waals surface area contributed by atoms with Crippen LogP contribution < -0.4 is 0 Å².